The van der Waals surface area contributed by atoms with Crippen molar-refractivity contribution in [3.63, 3.8) is 0 Å². The Labute approximate surface area is 134 Å². The highest BCUT2D eigenvalue weighted by molar-refractivity contribution is 6.34. The fraction of sp³-hybridized carbons (Fsp3) is 0.333. The maximum Gasteiger partial charge on any atom is 0.168 e. The van der Waals surface area contributed by atoms with Crippen LogP contribution in [0.15, 0.2) is 24.3 Å². The summed E-state index contributed by atoms with van der Waals surface area (Å²) >= 11 is 11.9. The standard InChI is InChI=1S/C15H17Cl2N3O/c1-3-4-18-14-5-10(2)19-15(20-14)9-21-13-7-11(16)6-12(17)8-13/h5-8H,3-4,9H2,1-2H3,(H,18,19,20). The number of nitrogens with one attached hydrogen (secondary N) is 1. The van der Waals surface area contributed by atoms with Crippen molar-refractivity contribution in [1.29, 1.82) is 0 Å². The lowest BCUT2D eigenvalue weighted by atomic mass is 10.3. The molecule has 0 aliphatic rings. The van der Waals surface area contributed by atoms with Crippen molar-refractivity contribution in [1.82, 2.24) is 9.97 Å². The van der Waals surface area contributed by atoms with Gasteiger partial charge in [-0.15, -0.1) is 0 Å². The second-order valence-electron chi connectivity index (χ2n) is 4.63. The first-order chi connectivity index (χ1) is 10.1. The van der Waals surface area contributed by atoms with Gasteiger partial charge in [0.15, 0.2) is 5.82 Å². The van der Waals surface area contributed by atoms with E-state index in [-0.39, 0.29) is 6.61 Å². The van der Waals surface area contributed by atoms with Crippen LogP contribution >= 0.6 is 23.2 Å². The molecule has 2 rings (SSSR count). The maximum absolute atomic E-state index is 5.93. The predicted molar refractivity (Wildman–Crippen MR) is 86.3 cm³/mol. The molecule has 6 heteroatoms. The maximum atomic E-state index is 5.93. The van der Waals surface area contributed by atoms with E-state index in [2.05, 4.69) is 22.2 Å². The topological polar surface area (TPSA) is 47.0 Å². The van der Waals surface area contributed by atoms with E-state index in [0.717, 1.165) is 24.5 Å². The van der Waals surface area contributed by atoms with Gasteiger partial charge in [-0.3, -0.25) is 0 Å². The summed E-state index contributed by atoms with van der Waals surface area (Å²) in [5, 5.41) is 4.31. The van der Waals surface area contributed by atoms with Gasteiger partial charge in [-0.1, -0.05) is 30.1 Å². The summed E-state index contributed by atoms with van der Waals surface area (Å²) in [5.74, 6) is 2.03. The van der Waals surface area contributed by atoms with Gasteiger partial charge in [-0.25, -0.2) is 9.97 Å². The summed E-state index contributed by atoms with van der Waals surface area (Å²) in [6, 6.07) is 6.99. The Kier molecular flexibility index (Phi) is 5.65. The van der Waals surface area contributed by atoms with Crippen molar-refractivity contribution in [2.45, 2.75) is 26.9 Å². The predicted octanol–water partition coefficient (Wildman–Crippen LogP) is 4.49. The fourth-order valence-electron chi connectivity index (χ4n) is 1.80. The van der Waals surface area contributed by atoms with Crippen LogP contribution in [-0.2, 0) is 6.61 Å². The lowest BCUT2D eigenvalue weighted by Crippen LogP contribution is -2.08. The van der Waals surface area contributed by atoms with Crippen LogP contribution < -0.4 is 10.1 Å². The van der Waals surface area contributed by atoms with Crippen molar-refractivity contribution in [2.75, 3.05) is 11.9 Å². The number of halogens is 2. The van der Waals surface area contributed by atoms with E-state index in [1.165, 1.54) is 0 Å². The van der Waals surface area contributed by atoms with Crippen LogP contribution in [-0.4, -0.2) is 16.5 Å². The Morgan fingerprint density at radius 2 is 1.81 bits per heavy atom. The van der Waals surface area contributed by atoms with Crippen LogP contribution in [0.2, 0.25) is 10.0 Å². The zero-order valence-corrected chi connectivity index (χ0v) is 13.5. The Morgan fingerprint density at radius 1 is 1.10 bits per heavy atom. The minimum Gasteiger partial charge on any atom is -0.486 e. The van der Waals surface area contributed by atoms with Gasteiger partial charge in [0.05, 0.1) is 0 Å². The number of ether oxygens (including phenoxy) is 1. The molecule has 0 saturated heterocycles. The van der Waals surface area contributed by atoms with Crippen LogP contribution in [0.1, 0.15) is 24.9 Å². The number of hydrogen-bond acceptors (Lipinski definition) is 4. The van der Waals surface area contributed by atoms with Crippen molar-refractivity contribution in [2.24, 2.45) is 0 Å². The van der Waals surface area contributed by atoms with E-state index >= 15 is 0 Å². The molecule has 0 atom stereocenters. The van der Waals surface area contributed by atoms with Gasteiger partial charge in [0.2, 0.25) is 0 Å². The van der Waals surface area contributed by atoms with Crippen molar-refractivity contribution in [3.8, 4) is 5.75 Å². The molecule has 4 nitrogen and oxygen atoms in total. The van der Waals surface area contributed by atoms with Gasteiger partial charge >= 0.3 is 0 Å². The molecule has 0 saturated carbocycles. The second-order valence-corrected chi connectivity index (χ2v) is 5.50. The number of benzene rings is 1. The Morgan fingerprint density at radius 3 is 2.48 bits per heavy atom. The Balaban J connectivity index is 2.06. The quantitative estimate of drug-likeness (QED) is 0.849. The molecule has 21 heavy (non-hydrogen) atoms. The van der Waals surface area contributed by atoms with Crippen molar-refractivity contribution < 1.29 is 4.74 Å². The van der Waals surface area contributed by atoms with E-state index in [9.17, 15) is 0 Å². The molecule has 0 bridgehead atoms. The summed E-state index contributed by atoms with van der Waals surface area (Å²) in [6.07, 6.45) is 1.04. The average Bonchev–Trinajstić information content (AvgIpc) is 2.41. The first-order valence-corrected chi connectivity index (χ1v) is 7.49. The highest BCUT2D eigenvalue weighted by atomic mass is 35.5. The molecular weight excluding hydrogens is 309 g/mol. The normalized spacial score (nSPS) is 10.5. The minimum absolute atomic E-state index is 0.263. The van der Waals surface area contributed by atoms with Gasteiger partial charge in [0, 0.05) is 28.4 Å². The molecule has 0 radical (unpaired) electrons. The third-order valence-electron chi connectivity index (χ3n) is 2.66. The Hall–Kier alpha value is -1.52. The van der Waals surface area contributed by atoms with Gasteiger partial charge in [-0.2, -0.15) is 0 Å². The number of nitrogens with zero attached hydrogens (tertiary/aromatic N) is 2. The van der Waals surface area contributed by atoms with E-state index in [0.29, 0.717) is 21.6 Å². The monoisotopic (exact) mass is 325 g/mol. The van der Waals surface area contributed by atoms with Crippen LogP contribution in [0.5, 0.6) is 5.75 Å². The van der Waals surface area contributed by atoms with Crippen LogP contribution in [0.4, 0.5) is 5.82 Å². The summed E-state index contributed by atoms with van der Waals surface area (Å²) in [6.45, 7) is 5.17. The first kappa shape index (κ1) is 15.9. The van der Waals surface area contributed by atoms with E-state index in [4.69, 9.17) is 27.9 Å². The molecule has 2 aromatic rings. The highest BCUT2D eigenvalue weighted by Gasteiger charge is 2.05. The molecule has 0 fully saturated rings. The molecule has 1 heterocycles. The number of aryl methyl sites for hydroxylation is 1. The molecule has 0 amide bonds. The molecule has 0 spiro atoms. The van der Waals surface area contributed by atoms with E-state index < -0.39 is 0 Å². The summed E-state index contributed by atoms with van der Waals surface area (Å²) in [5.41, 5.74) is 0.895. The largest absolute Gasteiger partial charge is 0.486 e. The zero-order valence-electron chi connectivity index (χ0n) is 12.0. The lowest BCUT2D eigenvalue weighted by Gasteiger charge is -2.09. The fourth-order valence-corrected chi connectivity index (χ4v) is 2.30. The van der Waals surface area contributed by atoms with Gasteiger partial charge in [0.1, 0.15) is 18.2 Å². The number of aromatic nitrogens is 2. The molecule has 1 N–H and O–H groups in total. The third-order valence-corrected chi connectivity index (χ3v) is 3.10. The van der Waals surface area contributed by atoms with Gasteiger partial charge in [-0.05, 0) is 31.5 Å². The molecule has 1 aromatic carbocycles. The van der Waals surface area contributed by atoms with E-state index in [1.54, 1.807) is 18.2 Å². The molecular formula is C15H17Cl2N3O. The zero-order chi connectivity index (χ0) is 15.2. The summed E-state index contributed by atoms with van der Waals surface area (Å²) in [7, 11) is 0. The third kappa shape index (κ3) is 5.06. The molecule has 0 unspecified atom stereocenters. The first-order valence-electron chi connectivity index (χ1n) is 6.74. The number of rotatable bonds is 6. The smallest absolute Gasteiger partial charge is 0.168 e. The molecule has 0 aliphatic carbocycles. The minimum atomic E-state index is 0.263. The number of hydrogen-bond donors (Lipinski definition) is 1. The van der Waals surface area contributed by atoms with Crippen LogP contribution in [0.3, 0.4) is 0 Å². The molecule has 0 aliphatic heterocycles. The second kappa shape index (κ2) is 7.48. The summed E-state index contributed by atoms with van der Waals surface area (Å²) < 4.78 is 5.65. The van der Waals surface area contributed by atoms with Crippen LogP contribution in [0, 0.1) is 6.92 Å². The SMILES string of the molecule is CCCNc1cc(C)nc(COc2cc(Cl)cc(Cl)c2)n1. The van der Waals surface area contributed by atoms with Crippen molar-refractivity contribution in [3.05, 3.63) is 45.8 Å². The average molecular weight is 326 g/mol. The van der Waals surface area contributed by atoms with Gasteiger partial charge in [0.25, 0.3) is 0 Å². The highest BCUT2D eigenvalue weighted by Crippen LogP contribution is 2.24. The summed E-state index contributed by atoms with van der Waals surface area (Å²) in [4.78, 5) is 8.78. The number of anilines is 1. The molecule has 112 valence electrons. The van der Waals surface area contributed by atoms with E-state index in [1.807, 2.05) is 13.0 Å². The van der Waals surface area contributed by atoms with Crippen LogP contribution in [0.25, 0.3) is 0 Å². The van der Waals surface area contributed by atoms with Crippen molar-refractivity contribution >= 4 is 29.0 Å². The lowest BCUT2D eigenvalue weighted by molar-refractivity contribution is 0.295. The van der Waals surface area contributed by atoms with Gasteiger partial charge < -0.3 is 10.1 Å². The molecule has 1 aromatic heterocycles. The Bertz CT molecular complexity index is 600.